The van der Waals surface area contributed by atoms with Gasteiger partial charge in [-0.15, -0.1) is 0 Å². The second kappa shape index (κ2) is 4.39. The van der Waals surface area contributed by atoms with Crippen molar-refractivity contribution in [1.29, 1.82) is 0 Å². The molecule has 2 aliphatic rings. The molecule has 4 nitrogen and oxygen atoms in total. The number of nitrogens with zero attached hydrogens (tertiary/aromatic N) is 2. The number of carbonyl (C=O) groups excluding carboxylic acids is 1. The number of carbonyl (C=O) groups is 1. The average molecular weight is 308 g/mol. The Kier molecular flexibility index (Phi) is 2.86. The first kappa shape index (κ1) is 11.7. The smallest absolute Gasteiger partial charge is 0.346 e. The van der Waals surface area contributed by atoms with Gasteiger partial charge in [0.1, 0.15) is 11.9 Å². The fourth-order valence-electron chi connectivity index (χ4n) is 2.30. The molecular weight excluding hydrogens is 294 g/mol. The van der Waals surface area contributed by atoms with Crippen molar-refractivity contribution in [1.82, 2.24) is 4.90 Å². The quantitative estimate of drug-likeness (QED) is 0.933. The van der Waals surface area contributed by atoms with Crippen molar-refractivity contribution in [3.63, 3.8) is 0 Å². The van der Waals surface area contributed by atoms with E-state index in [0.29, 0.717) is 11.8 Å². The summed E-state index contributed by atoms with van der Waals surface area (Å²) in [7, 11) is 0. The number of halogens is 1. The lowest BCUT2D eigenvalue weighted by molar-refractivity contribution is 0.204. The van der Waals surface area contributed by atoms with Crippen molar-refractivity contribution >= 4 is 27.8 Å². The van der Waals surface area contributed by atoms with Crippen molar-refractivity contribution in [2.45, 2.75) is 18.9 Å². The second-order valence-electron chi connectivity index (χ2n) is 4.87. The molecule has 1 aliphatic heterocycles. The van der Waals surface area contributed by atoms with Crippen LogP contribution in [0, 0.1) is 5.92 Å². The summed E-state index contributed by atoms with van der Waals surface area (Å²) in [6.45, 7) is 0.764. The highest BCUT2D eigenvalue weighted by molar-refractivity contribution is 9.10. The van der Waals surface area contributed by atoms with E-state index in [4.69, 9.17) is 5.73 Å². The van der Waals surface area contributed by atoms with E-state index in [0.717, 1.165) is 16.6 Å². The molecule has 1 fully saturated rings. The molecule has 0 radical (unpaired) electrons. The maximum Gasteiger partial charge on any atom is 0.346 e. The van der Waals surface area contributed by atoms with Gasteiger partial charge >= 0.3 is 6.03 Å². The topological polar surface area (TPSA) is 58.7 Å². The van der Waals surface area contributed by atoms with Crippen LogP contribution in [0.4, 0.5) is 4.79 Å². The molecule has 1 unspecified atom stereocenters. The summed E-state index contributed by atoms with van der Waals surface area (Å²) in [5.41, 5.74) is 6.92. The Labute approximate surface area is 114 Å². The number of urea groups is 1. The predicted octanol–water partition coefficient (Wildman–Crippen LogP) is 2.69. The minimum atomic E-state index is -0.204. The van der Waals surface area contributed by atoms with E-state index in [-0.39, 0.29) is 12.1 Å². The van der Waals surface area contributed by atoms with Crippen LogP contribution in [0.2, 0.25) is 0 Å². The molecule has 1 aliphatic carbocycles. The van der Waals surface area contributed by atoms with Gasteiger partial charge in [-0.05, 0) is 36.5 Å². The van der Waals surface area contributed by atoms with E-state index in [2.05, 4.69) is 20.9 Å². The molecule has 0 bridgehead atoms. The van der Waals surface area contributed by atoms with Crippen molar-refractivity contribution in [3.8, 4) is 0 Å². The van der Waals surface area contributed by atoms with Crippen LogP contribution in [0.1, 0.15) is 24.4 Å². The predicted molar refractivity (Wildman–Crippen MR) is 73.3 cm³/mol. The summed E-state index contributed by atoms with van der Waals surface area (Å²) in [6, 6.07) is 7.48. The standard InChI is InChI=1S/C13H14BrN3O/c14-10-3-1-2-9(6-10)11-12(15)16-13(18)17(11)7-8-4-5-8/h1-3,6,8,11H,4-5,7H2,(H2,15,16,18). The van der Waals surface area contributed by atoms with Gasteiger partial charge in [0.25, 0.3) is 0 Å². The lowest BCUT2D eigenvalue weighted by atomic mass is 10.1. The van der Waals surface area contributed by atoms with Crippen LogP contribution < -0.4 is 5.73 Å². The molecular formula is C13H14BrN3O. The summed E-state index contributed by atoms with van der Waals surface area (Å²) in [5.74, 6) is 1.03. The molecule has 1 saturated carbocycles. The van der Waals surface area contributed by atoms with Gasteiger partial charge in [-0.1, -0.05) is 28.1 Å². The Morgan fingerprint density at radius 3 is 2.89 bits per heavy atom. The molecule has 0 saturated heterocycles. The largest absolute Gasteiger partial charge is 0.385 e. The zero-order valence-electron chi connectivity index (χ0n) is 9.84. The first-order chi connectivity index (χ1) is 8.65. The Bertz CT molecular complexity index is 525. The molecule has 1 aromatic rings. The van der Waals surface area contributed by atoms with Crippen LogP contribution in [-0.4, -0.2) is 23.3 Å². The molecule has 1 heterocycles. The van der Waals surface area contributed by atoms with Crippen LogP contribution >= 0.6 is 15.9 Å². The lowest BCUT2D eigenvalue weighted by Crippen LogP contribution is -2.34. The minimum Gasteiger partial charge on any atom is -0.385 e. The van der Waals surface area contributed by atoms with Crippen LogP contribution in [0.5, 0.6) is 0 Å². The number of rotatable bonds is 3. The van der Waals surface area contributed by atoms with Gasteiger partial charge in [-0.2, -0.15) is 4.99 Å². The normalized spacial score (nSPS) is 23.4. The summed E-state index contributed by atoms with van der Waals surface area (Å²) in [5, 5.41) is 0. The Morgan fingerprint density at radius 1 is 1.44 bits per heavy atom. The fourth-order valence-corrected chi connectivity index (χ4v) is 2.71. The minimum absolute atomic E-state index is 0.199. The molecule has 94 valence electrons. The Balaban J connectivity index is 1.91. The highest BCUT2D eigenvalue weighted by Gasteiger charge is 2.38. The van der Waals surface area contributed by atoms with Gasteiger partial charge in [0, 0.05) is 11.0 Å². The van der Waals surface area contributed by atoms with Crippen LogP contribution in [0.25, 0.3) is 0 Å². The van der Waals surface area contributed by atoms with E-state index in [1.54, 1.807) is 4.90 Å². The molecule has 2 N–H and O–H groups in total. The summed E-state index contributed by atoms with van der Waals surface area (Å²) in [4.78, 5) is 17.6. The molecule has 0 aromatic heterocycles. The van der Waals surface area contributed by atoms with Crippen molar-refractivity contribution in [2.24, 2.45) is 16.6 Å². The Hall–Kier alpha value is -1.36. The Morgan fingerprint density at radius 2 is 2.22 bits per heavy atom. The number of nitrogens with two attached hydrogens (primary N) is 1. The monoisotopic (exact) mass is 307 g/mol. The van der Waals surface area contributed by atoms with Crippen molar-refractivity contribution in [3.05, 3.63) is 34.3 Å². The number of hydrogen-bond donors (Lipinski definition) is 1. The summed E-state index contributed by atoms with van der Waals surface area (Å²) >= 11 is 3.44. The molecule has 1 atom stereocenters. The van der Waals surface area contributed by atoms with Gasteiger partial charge in [-0.25, -0.2) is 4.79 Å². The lowest BCUT2D eigenvalue weighted by Gasteiger charge is -2.24. The van der Waals surface area contributed by atoms with E-state index in [1.807, 2.05) is 24.3 Å². The third-order valence-corrected chi connectivity index (χ3v) is 3.87. The van der Waals surface area contributed by atoms with Crippen LogP contribution in [-0.2, 0) is 0 Å². The van der Waals surface area contributed by atoms with E-state index in [9.17, 15) is 4.79 Å². The zero-order valence-corrected chi connectivity index (χ0v) is 11.4. The molecule has 18 heavy (non-hydrogen) atoms. The second-order valence-corrected chi connectivity index (χ2v) is 5.79. The summed E-state index contributed by atoms with van der Waals surface area (Å²) in [6.07, 6.45) is 2.41. The first-order valence-electron chi connectivity index (χ1n) is 6.05. The van der Waals surface area contributed by atoms with Gasteiger partial charge in [0.2, 0.25) is 0 Å². The molecule has 5 heteroatoms. The van der Waals surface area contributed by atoms with Crippen LogP contribution in [0.3, 0.4) is 0 Å². The maximum atomic E-state index is 11.9. The number of aliphatic imine (C=N–C) groups is 1. The molecule has 0 spiro atoms. The van der Waals surface area contributed by atoms with Crippen molar-refractivity contribution < 1.29 is 4.79 Å². The maximum absolute atomic E-state index is 11.9. The van der Waals surface area contributed by atoms with Gasteiger partial charge in [0.05, 0.1) is 0 Å². The summed E-state index contributed by atoms with van der Waals surface area (Å²) < 4.78 is 0.985. The SMILES string of the molecule is NC1=NC(=O)N(CC2CC2)C1c1cccc(Br)c1. The van der Waals surface area contributed by atoms with Crippen LogP contribution in [0.15, 0.2) is 33.7 Å². The third kappa shape index (κ3) is 2.14. The van der Waals surface area contributed by atoms with Gasteiger partial charge in [-0.3, -0.25) is 0 Å². The van der Waals surface area contributed by atoms with Gasteiger partial charge in [0.15, 0.2) is 0 Å². The number of hydrogen-bond acceptors (Lipinski definition) is 2. The number of benzene rings is 1. The first-order valence-corrected chi connectivity index (χ1v) is 6.84. The fraction of sp³-hybridized carbons (Fsp3) is 0.385. The third-order valence-electron chi connectivity index (χ3n) is 3.38. The molecule has 3 rings (SSSR count). The molecule has 1 aromatic carbocycles. The zero-order chi connectivity index (χ0) is 12.7. The highest BCUT2D eigenvalue weighted by Crippen LogP contribution is 2.35. The van der Waals surface area contributed by atoms with E-state index >= 15 is 0 Å². The number of amidine groups is 1. The van der Waals surface area contributed by atoms with Gasteiger partial charge < -0.3 is 10.6 Å². The molecule has 2 amide bonds. The van der Waals surface area contributed by atoms with Crippen molar-refractivity contribution in [2.75, 3.05) is 6.54 Å². The van der Waals surface area contributed by atoms with E-state index in [1.165, 1.54) is 12.8 Å². The number of amides is 2. The van der Waals surface area contributed by atoms with E-state index < -0.39 is 0 Å². The highest BCUT2D eigenvalue weighted by atomic mass is 79.9. The average Bonchev–Trinajstić information content (AvgIpc) is 3.07.